The van der Waals surface area contributed by atoms with Gasteiger partial charge in [-0.3, -0.25) is 14.5 Å². The minimum absolute atomic E-state index is 0.0294. The third kappa shape index (κ3) is 3.94. The highest BCUT2D eigenvalue weighted by molar-refractivity contribution is 5.81. The average molecular weight is 394 g/mol. The molecule has 1 atom stereocenters. The van der Waals surface area contributed by atoms with E-state index in [1.165, 1.54) is 0 Å². The lowest BCUT2D eigenvalue weighted by Gasteiger charge is -2.37. The fourth-order valence-corrected chi connectivity index (χ4v) is 3.27. The Morgan fingerprint density at radius 2 is 1.96 bits per heavy atom. The van der Waals surface area contributed by atoms with Crippen LogP contribution in [0.5, 0.6) is 0 Å². The maximum Gasteiger partial charge on any atom is 0.433 e. The number of nitrogens with one attached hydrogen (secondary N) is 1. The lowest BCUT2D eigenvalue weighted by Crippen LogP contribution is -2.53. The molecular formula is C19H21F3N4O2. The van der Waals surface area contributed by atoms with Gasteiger partial charge in [-0.2, -0.15) is 13.2 Å². The minimum Gasteiger partial charge on any atom is -0.343 e. The molecule has 1 unspecified atom stereocenters. The normalized spacial score (nSPS) is 18.6. The van der Waals surface area contributed by atoms with Gasteiger partial charge in [0.15, 0.2) is 5.69 Å². The largest absolute Gasteiger partial charge is 0.433 e. The molecule has 1 aliphatic rings. The SMILES string of the molecule is Cc1c(C(F)(F)F)nc(-c2cccc(CN3CCN(C)C(=O)C3C)c2)[nH]c1=O. The number of benzene rings is 1. The van der Waals surface area contributed by atoms with Crippen molar-refractivity contribution in [2.45, 2.75) is 32.6 Å². The van der Waals surface area contributed by atoms with Crippen molar-refractivity contribution in [2.24, 2.45) is 0 Å². The number of carbonyl (C=O) groups is 1. The highest BCUT2D eigenvalue weighted by Gasteiger charge is 2.36. The third-order valence-electron chi connectivity index (χ3n) is 5.01. The van der Waals surface area contributed by atoms with Gasteiger partial charge < -0.3 is 9.88 Å². The molecule has 1 aromatic carbocycles. The smallest absolute Gasteiger partial charge is 0.343 e. The van der Waals surface area contributed by atoms with Crippen LogP contribution in [0.25, 0.3) is 11.4 Å². The molecule has 1 N–H and O–H groups in total. The van der Waals surface area contributed by atoms with Crippen molar-refractivity contribution in [1.29, 1.82) is 0 Å². The fourth-order valence-electron chi connectivity index (χ4n) is 3.27. The number of amides is 1. The van der Waals surface area contributed by atoms with Crippen molar-refractivity contribution in [3.63, 3.8) is 0 Å². The first-order valence-electron chi connectivity index (χ1n) is 8.84. The number of rotatable bonds is 3. The van der Waals surface area contributed by atoms with Gasteiger partial charge in [-0.05, 0) is 25.5 Å². The van der Waals surface area contributed by atoms with E-state index in [0.717, 1.165) is 12.5 Å². The van der Waals surface area contributed by atoms with Crippen molar-refractivity contribution in [3.8, 4) is 11.4 Å². The zero-order valence-corrected chi connectivity index (χ0v) is 15.8. The van der Waals surface area contributed by atoms with Gasteiger partial charge in [0.05, 0.1) is 6.04 Å². The van der Waals surface area contributed by atoms with Gasteiger partial charge in [0.1, 0.15) is 5.82 Å². The summed E-state index contributed by atoms with van der Waals surface area (Å²) in [6, 6.07) is 6.52. The molecule has 2 heterocycles. The van der Waals surface area contributed by atoms with E-state index in [1.54, 1.807) is 30.1 Å². The first kappa shape index (κ1) is 20.1. The topological polar surface area (TPSA) is 69.3 Å². The molecule has 0 spiro atoms. The van der Waals surface area contributed by atoms with Gasteiger partial charge in [-0.1, -0.05) is 18.2 Å². The molecule has 3 rings (SSSR count). The predicted molar refractivity (Wildman–Crippen MR) is 97.5 cm³/mol. The molecule has 28 heavy (non-hydrogen) atoms. The number of piperazine rings is 1. The number of hydrogen-bond donors (Lipinski definition) is 1. The Kier molecular flexibility index (Phi) is 5.29. The van der Waals surface area contributed by atoms with Gasteiger partial charge in [-0.15, -0.1) is 0 Å². The Balaban J connectivity index is 1.91. The molecule has 1 aromatic heterocycles. The van der Waals surface area contributed by atoms with Crippen molar-refractivity contribution in [1.82, 2.24) is 19.8 Å². The van der Waals surface area contributed by atoms with Crippen LogP contribution >= 0.6 is 0 Å². The zero-order chi connectivity index (χ0) is 20.6. The number of carbonyl (C=O) groups excluding carboxylic acids is 1. The number of nitrogens with zero attached hydrogens (tertiary/aromatic N) is 3. The molecule has 1 aliphatic heterocycles. The van der Waals surface area contributed by atoms with Gasteiger partial charge in [0.25, 0.3) is 5.56 Å². The van der Waals surface area contributed by atoms with E-state index >= 15 is 0 Å². The number of H-pyrrole nitrogens is 1. The highest BCUT2D eigenvalue weighted by Crippen LogP contribution is 2.30. The van der Waals surface area contributed by atoms with Crippen LogP contribution < -0.4 is 5.56 Å². The molecule has 1 fully saturated rings. The van der Waals surface area contributed by atoms with Crippen LogP contribution in [-0.2, 0) is 17.5 Å². The number of aromatic amines is 1. The van der Waals surface area contributed by atoms with Crippen LogP contribution in [0.2, 0.25) is 0 Å². The maximum absolute atomic E-state index is 13.2. The fraction of sp³-hybridized carbons (Fsp3) is 0.421. The van der Waals surface area contributed by atoms with Gasteiger partial charge in [0.2, 0.25) is 5.91 Å². The first-order chi connectivity index (χ1) is 13.1. The molecule has 0 saturated carbocycles. The van der Waals surface area contributed by atoms with Gasteiger partial charge in [0, 0.05) is 37.8 Å². The molecule has 0 bridgehead atoms. The second kappa shape index (κ2) is 7.38. The van der Waals surface area contributed by atoms with E-state index in [1.807, 2.05) is 17.9 Å². The predicted octanol–water partition coefficient (Wildman–Crippen LogP) is 2.43. The minimum atomic E-state index is -4.71. The van der Waals surface area contributed by atoms with Crippen LogP contribution in [0.15, 0.2) is 29.1 Å². The van der Waals surface area contributed by atoms with Crippen molar-refractivity contribution in [3.05, 3.63) is 51.4 Å². The van der Waals surface area contributed by atoms with Crippen LogP contribution in [0.4, 0.5) is 13.2 Å². The monoisotopic (exact) mass is 394 g/mol. The van der Waals surface area contributed by atoms with Crippen LogP contribution in [0.1, 0.15) is 23.7 Å². The zero-order valence-electron chi connectivity index (χ0n) is 15.8. The van der Waals surface area contributed by atoms with Crippen LogP contribution in [0.3, 0.4) is 0 Å². The Hall–Kier alpha value is -2.68. The summed E-state index contributed by atoms with van der Waals surface area (Å²) in [4.78, 5) is 33.8. The van der Waals surface area contributed by atoms with E-state index in [9.17, 15) is 22.8 Å². The van der Waals surface area contributed by atoms with E-state index < -0.39 is 23.0 Å². The highest BCUT2D eigenvalue weighted by atomic mass is 19.4. The molecule has 0 aliphatic carbocycles. The molecule has 2 aromatic rings. The van der Waals surface area contributed by atoms with E-state index in [4.69, 9.17) is 0 Å². The Morgan fingerprint density at radius 1 is 1.25 bits per heavy atom. The molecular weight excluding hydrogens is 373 g/mol. The summed E-state index contributed by atoms with van der Waals surface area (Å²) < 4.78 is 39.5. The molecule has 0 radical (unpaired) electrons. The third-order valence-corrected chi connectivity index (χ3v) is 5.01. The summed E-state index contributed by atoms with van der Waals surface area (Å²) in [5.41, 5.74) is -1.26. The van der Waals surface area contributed by atoms with Gasteiger partial charge in [-0.25, -0.2) is 4.98 Å². The molecule has 1 saturated heterocycles. The molecule has 1 amide bonds. The Morgan fingerprint density at radius 3 is 2.64 bits per heavy atom. The maximum atomic E-state index is 13.2. The first-order valence-corrected chi connectivity index (χ1v) is 8.84. The Labute approximate surface area is 160 Å². The number of likely N-dealkylation sites (N-methyl/N-ethyl adjacent to an activating group) is 1. The number of alkyl halides is 3. The summed E-state index contributed by atoms with van der Waals surface area (Å²) >= 11 is 0. The number of hydrogen-bond acceptors (Lipinski definition) is 4. The second-order valence-electron chi connectivity index (χ2n) is 6.99. The summed E-state index contributed by atoms with van der Waals surface area (Å²) in [5.74, 6) is -0.103. The van der Waals surface area contributed by atoms with Crippen molar-refractivity contribution in [2.75, 3.05) is 20.1 Å². The number of halogens is 3. The number of aromatic nitrogens is 2. The van der Waals surface area contributed by atoms with E-state index in [2.05, 4.69) is 9.97 Å². The van der Waals surface area contributed by atoms with Crippen LogP contribution in [-0.4, -0.2) is 51.9 Å². The Bertz CT molecular complexity index is 955. The summed E-state index contributed by atoms with van der Waals surface area (Å²) in [6.07, 6.45) is -4.71. The lowest BCUT2D eigenvalue weighted by atomic mass is 10.1. The standard InChI is InChI=1S/C19H21F3N4O2/c1-11-15(19(20,21)22)23-16(24-17(11)27)14-6-4-5-13(9-14)10-26-8-7-25(3)18(28)12(26)2/h4-6,9,12H,7-8,10H2,1-3H3,(H,23,24,27). The van der Waals surface area contributed by atoms with E-state index in [0.29, 0.717) is 25.2 Å². The van der Waals surface area contributed by atoms with Crippen molar-refractivity contribution >= 4 is 5.91 Å². The lowest BCUT2D eigenvalue weighted by molar-refractivity contribution is -0.142. The van der Waals surface area contributed by atoms with Gasteiger partial charge >= 0.3 is 6.18 Å². The second-order valence-corrected chi connectivity index (χ2v) is 6.99. The summed E-state index contributed by atoms with van der Waals surface area (Å²) in [7, 11) is 1.76. The molecule has 6 nitrogen and oxygen atoms in total. The summed E-state index contributed by atoms with van der Waals surface area (Å²) in [5, 5.41) is 0. The quantitative estimate of drug-likeness (QED) is 0.868. The molecule has 9 heteroatoms. The summed E-state index contributed by atoms with van der Waals surface area (Å²) in [6.45, 7) is 4.71. The molecule has 150 valence electrons. The van der Waals surface area contributed by atoms with Crippen molar-refractivity contribution < 1.29 is 18.0 Å². The van der Waals surface area contributed by atoms with E-state index in [-0.39, 0.29) is 17.8 Å². The van der Waals surface area contributed by atoms with Crippen LogP contribution in [0, 0.1) is 6.92 Å². The average Bonchev–Trinajstić information content (AvgIpc) is 2.63.